The monoisotopic (exact) mass is 266 g/mol. The zero-order valence-electron chi connectivity index (χ0n) is 12.0. The molecule has 19 heavy (non-hydrogen) atoms. The van der Waals surface area contributed by atoms with Crippen molar-refractivity contribution in [3.05, 3.63) is 32.6 Å². The predicted molar refractivity (Wildman–Crippen MR) is 77.3 cm³/mol. The lowest BCUT2D eigenvalue weighted by atomic mass is 10.2. The van der Waals surface area contributed by atoms with Gasteiger partial charge in [0.15, 0.2) is 0 Å². The topological polar surface area (TPSA) is 82.4 Å². The van der Waals surface area contributed by atoms with Crippen molar-refractivity contribution < 1.29 is 0 Å². The maximum atomic E-state index is 12.0. The first-order valence-corrected chi connectivity index (χ1v) is 6.51. The van der Waals surface area contributed by atoms with Gasteiger partial charge in [0.25, 0.3) is 5.56 Å². The quantitative estimate of drug-likeness (QED) is 0.625. The number of aryl methyl sites for hydroxylation is 1. The van der Waals surface area contributed by atoms with Crippen molar-refractivity contribution in [3.63, 3.8) is 0 Å². The molecule has 2 N–H and O–H groups in total. The number of aromatic nitrogens is 2. The standard InChI is InChI=1S/C13H22N4O2/c1-5-6-16-8-11(10(4)15-7-9(2)3)12(18)17(14)13(16)19/h8-9H,5-7,14H2,1-4H3/b15-10+. The van der Waals surface area contributed by atoms with Crippen LogP contribution in [0.25, 0.3) is 0 Å². The van der Waals surface area contributed by atoms with E-state index in [1.54, 1.807) is 13.1 Å². The van der Waals surface area contributed by atoms with Gasteiger partial charge in [-0.25, -0.2) is 4.79 Å². The zero-order chi connectivity index (χ0) is 14.6. The molecule has 0 bridgehead atoms. The molecule has 106 valence electrons. The number of rotatable bonds is 5. The third kappa shape index (κ3) is 3.56. The summed E-state index contributed by atoms with van der Waals surface area (Å²) < 4.78 is 2.10. The highest BCUT2D eigenvalue weighted by molar-refractivity contribution is 5.98. The Morgan fingerprint density at radius 3 is 2.58 bits per heavy atom. The summed E-state index contributed by atoms with van der Waals surface area (Å²) >= 11 is 0. The van der Waals surface area contributed by atoms with Crippen LogP contribution in [0.1, 0.15) is 39.7 Å². The second kappa shape index (κ2) is 6.36. The number of nitrogens with zero attached hydrogens (tertiary/aromatic N) is 3. The third-order valence-corrected chi connectivity index (χ3v) is 2.73. The van der Waals surface area contributed by atoms with E-state index in [1.165, 1.54) is 4.57 Å². The van der Waals surface area contributed by atoms with Gasteiger partial charge >= 0.3 is 5.69 Å². The fourth-order valence-electron chi connectivity index (χ4n) is 1.68. The molecule has 0 spiro atoms. The SMILES string of the molecule is CCCn1cc(/C(C)=N/CC(C)C)c(=O)n(N)c1=O. The van der Waals surface area contributed by atoms with Gasteiger partial charge in [-0.2, -0.15) is 4.68 Å². The molecular formula is C13H22N4O2. The van der Waals surface area contributed by atoms with Crippen LogP contribution in [0.4, 0.5) is 0 Å². The molecule has 0 amide bonds. The molecule has 0 fully saturated rings. The van der Waals surface area contributed by atoms with Crippen LogP contribution < -0.4 is 17.1 Å². The molecule has 0 aliphatic rings. The summed E-state index contributed by atoms with van der Waals surface area (Å²) in [5, 5.41) is 0. The van der Waals surface area contributed by atoms with Crippen molar-refractivity contribution in [2.45, 2.75) is 40.7 Å². The average molecular weight is 266 g/mol. The summed E-state index contributed by atoms with van der Waals surface area (Å²) in [6, 6.07) is 0. The predicted octanol–water partition coefficient (Wildman–Crippen LogP) is 0.599. The van der Waals surface area contributed by atoms with Gasteiger partial charge < -0.3 is 5.84 Å². The van der Waals surface area contributed by atoms with Gasteiger partial charge in [-0.3, -0.25) is 14.4 Å². The smallest absolute Gasteiger partial charge is 0.332 e. The highest BCUT2D eigenvalue weighted by Gasteiger charge is 2.11. The minimum Gasteiger partial charge on any atom is -0.332 e. The molecule has 1 aromatic rings. The summed E-state index contributed by atoms with van der Waals surface area (Å²) in [6.07, 6.45) is 2.34. The van der Waals surface area contributed by atoms with E-state index in [4.69, 9.17) is 5.84 Å². The molecule has 1 aromatic heterocycles. The first kappa shape index (κ1) is 15.2. The van der Waals surface area contributed by atoms with E-state index in [0.29, 0.717) is 35.0 Å². The van der Waals surface area contributed by atoms with Crippen LogP contribution in [0.2, 0.25) is 0 Å². The maximum Gasteiger partial charge on any atom is 0.349 e. The van der Waals surface area contributed by atoms with Crippen LogP contribution in [-0.2, 0) is 6.54 Å². The van der Waals surface area contributed by atoms with Crippen molar-refractivity contribution in [2.24, 2.45) is 10.9 Å². The highest BCUT2D eigenvalue weighted by Crippen LogP contribution is 1.98. The molecule has 0 unspecified atom stereocenters. The molecule has 0 aromatic carbocycles. The van der Waals surface area contributed by atoms with E-state index >= 15 is 0 Å². The molecule has 0 saturated carbocycles. The number of hydrogen-bond donors (Lipinski definition) is 1. The fourth-order valence-corrected chi connectivity index (χ4v) is 1.68. The van der Waals surface area contributed by atoms with Crippen molar-refractivity contribution in [1.82, 2.24) is 9.24 Å². The number of nitrogen functional groups attached to an aromatic ring is 1. The van der Waals surface area contributed by atoms with Crippen molar-refractivity contribution in [3.8, 4) is 0 Å². The molecule has 1 rings (SSSR count). The fraction of sp³-hybridized carbons (Fsp3) is 0.615. The van der Waals surface area contributed by atoms with Gasteiger partial charge in [0.05, 0.1) is 5.56 Å². The second-order valence-electron chi connectivity index (χ2n) is 5.01. The van der Waals surface area contributed by atoms with Gasteiger partial charge in [-0.05, 0) is 19.3 Å². The first-order valence-electron chi connectivity index (χ1n) is 6.51. The first-order chi connectivity index (χ1) is 8.88. The van der Waals surface area contributed by atoms with Crippen LogP contribution in [-0.4, -0.2) is 21.5 Å². The van der Waals surface area contributed by atoms with Crippen LogP contribution in [0.15, 0.2) is 20.8 Å². The lowest BCUT2D eigenvalue weighted by Crippen LogP contribution is -2.46. The van der Waals surface area contributed by atoms with E-state index in [0.717, 1.165) is 6.42 Å². The molecule has 6 nitrogen and oxygen atoms in total. The molecule has 0 atom stereocenters. The number of hydrogen-bond acceptors (Lipinski definition) is 4. The van der Waals surface area contributed by atoms with Crippen molar-refractivity contribution in [2.75, 3.05) is 12.4 Å². The molecule has 6 heteroatoms. The summed E-state index contributed by atoms with van der Waals surface area (Å²) in [5.41, 5.74) is 0.00794. The van der Waals surface area contributed by atoms with Gasteiger partial charge in [0, 0.05) is 25.0 Å². The lowest BCUT2D eigenvalue weighted by molar-refractivity contribution is 0.601. The highest BCUT2D eigenvalue weighted by atomic mass is 16.2. The van der Waals surface area contributed by atoms with Crippen molar-refractivity contribution >= 4 is 5.71 Å². The molecule has 1 heterocycles. The Morgan fingerprint density at radius 1 is 1.42 bits per heavy atom. The van der Waals surface area contributed by atoms with E-state index in [1.807, 2.05) is 6.92 Å². The summed E-state index contributed by atoms with van der Waals surface area (Å²) in [4.78, 5) is 28.1. The van der Waals surface area contributed by atoms with Crippen molar-refractivity contribution in [1.29, 1.82) is 0 Å². The van der Waals surface area contributed by atoms with E-state index < -0.39 is 11.2 Å². The molecule has 0 aliphatic carbocycles. The number of nitrogens with two attached hydrogens (primary N) is 1. The largest absolute Gasteiger partial charge is 0.349 e. The Labute approximate surface area is 112 Å². The zero-order valence-corrected chi connectivity index (χ0v) is 12.0. The third-order valence-electron chi connectivity index (χ3n) is 2.73. The van der Waals surface area contributed by atoms with Gasteiger partial charge in [-0.1, -0.05) is 20.8 Å². The Morgan fingerprint density at radius 2 is 2.05 bits per heavy atom. The Hall–Kier alpha value is -1.85. The van der Waals surface area contributed by atoms with E-state index in [-0.39, 0.29) is 0 Å². The van der Waals surface area contributed by atoms with E-state index in [9.17, 15) is 9.59 Å². The lowest BCUT2D eigenvalue weighted by Gasteiger charge is -2.09. The molecule has 0 radical (unpaired) electrons. The summed E-state index contributed by atoms with van der Waals surface area (Å²) in [6.45, 7) is 8.99. The summed E-state index contributed by atoms with van der Waals surface area (Å²) in [5.74, 6) is 5.94. The molecule has 0 saturated heterocycles. The minimum atomic E-state index is -0.498. The van der Waals surface area contributed by atoms with Gasteiger partial charge in [-0.15, -0.1) is 0 Å². The number of aliphatic imine (C=N–C) groups is 1. The summed E-state index contributed by atoms with van der Waals surface area (Å²) in [7, 11) is 0. The molecule has 0 aliphatic heterocycles. The van der Waals surface area contributed by atoms with Crippen LogP contribution in [0.3, 0.4) is 0 Å². The Balaban J connectivity index is 3.32. The minimum absolute atomic E-state index is 0.385. The normalized spacial score (nSPS) is 12.2. The van der Waals surface area contributed by atoms with Crippen LogP contribution >= 0.6 is 0 Å². The van der Waals surface area contributed by atoms with Gasteiger partial charge in [0.2, 0.25) is 0 Å². The Bertz CT molecular complexity index is 581. The maximum absolute atomic E-state index is 12.0. The molecular weight excluding hydrogens is 244 g/mol. The second-order valence-corrected chi connectivity index (χ2v) is 5.01. The average Bonchev–Trinajstić information content (AvgIpc) is 2.36. The van der Waals surface area contributed by atoms with Crippen LogP contribution in [0, 0.1) is 5.92 Å². The van der Waals surface area contributed by atoms with E-state index in [2.05, 4.69) is 18.8 Å². The van der Waals surface area contributed by atoms with Gasteiger partial charge in [0.1, 0.15) is 0 Å². The Kier molecular flexibility index (Phi) is 5.09. The van der Waals surface area contributed by atoms with Crippen LogP contribution in [0.5, 0.6) is 0 Å².